The second kappa shape index (κ2) is 10.8. The summed E-state index contributed by atoms with van der Waals surface area (Å²) in [5.41, 5.74) is 6.82. The highest BCUT2D eigenvalue weighted by atomic mass is 19.1. The Bertz CT molecular complexity index is 1180. The Labute approximate surface area is 200 Å². The Morgan fingerprint density at radius 3 is 2.76 bits per heavy atom. The van der Waals surface area contributed by atoms with E-state index in [9.17, 15) is 9.18 Å². The second-order valence-corrected chi connectivity index (χ2v) is 8.92. The van der Waals surface area contributed by atoms with Crippen molar-refractivity contribution in [1.29, 1.82) is 0 Å². The van der Waals surface area contributed by atoms with Gasteiger partial charge in [-0.1, -0.05) is 18.2 Å². The monoisotopic (exact) mass is 462 g/mol. The Morgan fingerprint density at radius 2 is 1.97 bits per heavy atom. The van der Waals surface area contributed by atoms with Crippen LogP contribution in [0.25, 0.3) is 11.1 Å². The smallest absolute Gasteiger partial charge is 0.303 e. The van der Waals surface area contributed by atoms with Gasteiger partial charge in [0, 0.05) is 24.7 Å². The molecule has 4 rings (SSSR count). The van der Waals surface area contributed by atoms with Gasteiger partial charge < -0.3 is 15.2 Å². The fourth-order valence-electron chi connectivity index (χ4n) is 4.56. The number of nitrogens with zero attached hydrogens (tertiary/aromatic N) is 1. The average molecular weight is 463 g/mol. The number of hydrogen-bond donors (Lipinski definition) is 2. The number of pyridine rings is 1. The van der Waals surface area contributed by atoms with Gasteiger partial charge in [0.25, 0.3) is 0 Å². The molecule has 178 valence electrons. The first-order chi connectivity index (χ1) is 16.4. The van der Waals surface area contributed by atoms with E-state index < -0.39 is 5.97 Å². The van der Waals surface area contributed by atoms with Crippen LogP contribution in [0.1, 0.15) is 60.3 Å². The van der Waals surface area contributed by atoms with Crippen LogP contribution in [0.2, 0.25) is 0 Å². The van der Waals surface area contributed by atoms with Crippen LogP contribution in [-0.2, 0) is 30.6 Å². The number of hydrogen-bond acceptors (Lipinski definition) is 4. The van der Waals surface area contributed by atoms with Gasteiger partial charge in [0.15, 0.2) is 0 Å². The molecule has 1 aliphatic rings. The predicted molar refractivity (Wildman–Crippen MR) is 130 cm³/mol. The summed E-state index contributed by atoms with van der Waals surface area (Å²) in [7, 11) is 1.66. The number of aryl methyl sites for hydroxylation is 2. The Kier molecular flexibility index (Phi) is 7.58. The number of rotatable bonds is 9. The molecule has 1 aliphatic carbocycles. The van der Waals surface area contributed by atoms with Crippen LogP contribution < -0.4 is 10.1 Å². The number of nitrogens with one attached hydrogen (secondary N) is 1. The molecule has 0 saturated heterocycles. The van der Waals surface area contributed by atoms with Gasteiger partial charge in [-0.15, -0.1) is 0 Å². The second-order valence-electron chi connectivity index (χ2n) is 8.92. The van der Waals surface area contributed by atoms with Gasteiger partial charge in [-0.2, -0.15) is 0 Å². The van der Waals surface area contributed by atoms with Crippen molar-refractivity contribution >= 4 is 5.97 Å². The van der Waals surface area contributed by atoms with E-state index in [-0.39, 0.29) is 18.3 Å². The topological polar surface area (TPSA) is 71.5 Å². The molecular weight excluding hydrogens is 431 g/mol. The molecule has 2 N–H and O–H groups in total. The Morgan fingerprint density at radius 1 is 1.15 bits per heavy atom. The standard InChI is InChI=1S/C28H31FN2O3/c1-18(30-17-20-6-5-7-23(14-20)34-2)27-16-25(24-8-3-4-9-26(24)31-27)21-12-19(10-11-28(32)33)13-22(29)15-21/h5-7,12-16,18,30H,3-4,8-11,17H2,1-2H3,(H,32,33). The largest absolute Gasteiger partial charge is 0.497 e. The Hall–Kier alpha value is -3.25. The average Bonchev–Trinajstić information content (AvgIpc) is 2.85. The van der Waals surface area contributed by atoms with Crippen molar-refractivity contribution in [3.8, 4) is 16.9 Å². The summed E-state index contributed by atoms with van der Waals surface area (Å²) in [5, 5.41) is 12.6. The summed E-state index contributed by atoms with van der Waals surface area (Å²) < 4.78 is 19.8. The molecule has 5 nitrogen and oxygen atoms in total. The van der Waals surface area contributed by atoms with E-state index in [1.54, 1.807) is 13.2 Å². The molecular formula is C28H31FN2O3. The number of fused-ring (bicyclic) bond motifs is 1. The van der Waals surface area contributed by atoms with E-state index in [1.165, 1.54) is 11.6 Å². The zero-order valence-electron chi connectivity index (χ0n) is 19.7. The zero-order valence-corrected chi connectivity index (χ0v) is 19.7. The van der Waals surface area contributed by atoms with Gasteiger partial charge in [0.1, 0.15) is 11.6 Å². The SMILES string of the molecule is COc1cccc(CNC(C)c2cc(-c3cc(F)cc(CCC(=O)O)c3)c3c(n2)CCCC3)c1. The fourth-order valence-corrected chi connectivity index (χ4v) is 4.56. The van der Waals surface area contributed by atoms with Gasteiger partial charge >= 0.3 is 5.97 Å². The maximum absolute atomic E-state index is 14.5. The number of methoxy groups -OCH3 is 1. The van der Waals surface area contributed by atoms with Crippen molar-refractivity contribution < 1.29 is 19.0 Å². The number of halogens is 1. The minimum absolute atomic E-state index is 0.00258. The van der Waals surface area contributed by atoms with E-state index in [1.807, 2.05) is 24.3 Å². The molecule has 34 heavy (non-hydrogen) atoms. The fraction of sp³-hybridized carbons (Fsp3) is 0.357. The molecule has 2 aromatic carbocycles. The number of carboxylic acids is 1. The van der Waals surface area contributed by atoms with Gasteiger partial charge in [-0.3, -0.25) is 9.78 Å². The third-order valence-corrected chi connectivity index (χ3v) is 6.41. The van der Waals surface area contributed by atoms with Crippen LogP contribution in [-0.4, -0.2) is 23.2 Å². The molecule has 1 heterocycles. The Balaban J connectivity index is 1.64. The minimum atomic E-state index is -0.884. The predicted octanol–water partition coefficient (Wildman–Crippen LogP) is 5.64. The highest BCUT2D eigenvalue weighted by molar-refractivity contribution is 5.71. The molecule has 3 aromatic rings. The van der Waals surface area contributed by atoms with Crippen LogP contribution >= 0.6 is 0 Å². The van der Waals surface area contributed by atoms with E-state index in [0.29, 0.717) is 18.5 Å². The third-order valence-electron chi connectivity index (χ3n) is 6.41. The molecule has 0 aliphatic heterocycles. The lowest BCUT2D eigenvalue weighted by molar-refractivity contribution is -0.136. The van der Waals surface area contributed by atoms with Crippen LogP contribution in [0.5, 0.6) is 5.75 Å². The number of carbonyl (C=O) groups is 1. The molecule has 0 spiro atoms. The number of ether oxygens (including phenoxy) is 1. The maximum Gasteiger partial charge on any atom is 0.303 e. The molecule has 6 heteroatoms. The molecule has 1 atom stereocenters. The van der Waals surface area contributed by atoms with Crippen LogP contribution in [0, 0.1) is 5.82 Å². The molecule has 0 bridgehead atoms. The highest BCUT2D eigenvalue weighted by Gasteiger charge is 2.20. The lowest BCUT2D eigenvalue weighted by Gasteiger charge is -2.23. The van der Waals surface area contributed by atoms with Crippen molar-refractivity contribution in [2.24, 2.45) is 0 Å². The molecule has 1 unspecified atom stereocenters. The van der Waals surface area contributed by atoms with Crippen LogP contribution in [0.3, 0.4) is 0 Å². The normalized spacial score (nSPS) is 13.9. The quantitative estimate of drug-likeness (QED) is 0.430. The molecule has 0 amide bonds. The first kappa shape index (κ1) is 23.9. The van der Waals surface area contributed by atoms with Crippen LogP contribution in [0.4, 0.5) is 4.39 Å². The van der Waals surface area contributed by atoms with Gasteiger partial charge in [0.05, 0.1) is 12.8 Å². The number of carboxylic acid groups (broad SMARTS) is 1. The maximum atomic E-state index is 14.5. The summed E-state index contributed by atoms with van der Waals surface area (Å²) in [5.74, 6) is -0.402. The molecule has 1 aromatic heterocycles. The molecule has 0 fully saturated rings. The third kappa shape index (κ3) is 5.81. The first-order valence-electron chi connectivity index (χ1n) is 11.8. The molecule has 0 radical (unpaired) electrons. The number of benzene rings is 2. The summed E-state index contributed by atoms with van der Waals surface area (Å²) in [4.78, 5) is 16.0. The lowest BCUT2D eigenvalue weighted by atomic mass is 9.87. The van der Waals surface area contributed by atoms with Crippen LogP contribution in [0.15, 0.2) is 48.5 Å². The van der Waals surface area contributed by atoms with Gasteiger partial charge in [-0.25, -0.2) is 4.39 Å². The van der Waals surface area contributed by atoms with Crippen molar-refractivity contribution in [3.63, 3.8) is 0 Å². The van der Waals surface area contributed by atoms with E-state index in [2.05, 4.69) is 24.4 Å². The minimum Gasteiger partial charge on any atom is -0.497 e. The van der Waals surface area contributed by atoms with Crippen molar-refractivity contribution in [3.05, 3.63) is 82.4 Å². The summed E-state index contributed by atoms with van der Waals surface area (Å²) in [6, 6.07) is 14.9. The lowest BCUT2D eigenvalue weighted by Crippen LogP contribution is -2.21. The van der Waals surface area contributed by atoms with E-state index >= 15 is 0 Å². The summed E-state index contributed by atoms with van der Waals surface area (Å²) in [6.45, 7) is 2.76. The first-order valence-corrected chi connectivity index (χ1v) is 11.8. The van der Waals surface area contributed by atoms with Gasteiger partial charge in [-0.05, 0) is 97.2 Å². The zero-order chi connectivity index (χ0) is 24.1. The molecule has 0 saturated carbocycles. The summed E-state index contributed by atoms with van der Waals surface area (Å²) >= 11 is 0. The summed E-state index contributed by atoms with van der Waals surface area (Å²) in [6.07, 6.45) is 4.31. The highest BCUT2D eigenvalue weighted by Crippen LogP contribution is 2.34. The number of aliphatic carboxylic acids is 1. The van der Waals surface area contributed by atoms with E-state index in [4.69, 9.17) is 14.8 Å². The van der Waals surface area contributed by atoms with Gasteiger partial charge in [0.2, 0.25) is 0 Å². The van der Waals surface area contributed by atoms with Crippen molar-refractivity contribution in [2.75, 3.05) is 7.11 Å². The van der Waals surface area contributed by atoms with E-state index in [0.717, 1.165) is 59.5 Å². The van der Waals surface area contributed by atoms with Crippen molar-refractivity contribution in [1.82, 2.24) is 10.3 Å². The van der Waals surface area contributed by atoms with Crippen molar-refractivity contribution in [2.45, 2.75) is 58.0 Å². The number of aromatic nitrogens is 1.